The first-order valence-electron chi connectivity index (χ1n) is 5.53. The third-order valence-corrected chi connectivity index (χ3v) is 2.47. The fourth-order valence-electron chi connectivity index (χ4n) is 1.55. The Kier molecular flexibility index (Phi) is 3.97. The van der Waals surface area contributed by atoms with Gasteiger partial charge in [0.05, 0.1) is 12.7 Å². The molecule has 8 heteroatoms. The number of halogens is 3. The molecular formula is C10H13F3N4O. The number of aromatic nitrogens is 2. The van der Waals surface area contributed by atoms with Gasteiger partial charge in [0.25, 0.3) is 0 Å². The number of morpholine rings is 1. The van der Waals surface area contributed by atoms with E-state index >= 15 is 0 Å². The lowest BCUT2D eigenvalue weighted by Gasteiger charge is -2.23. The van der Waals surface area contributed by atoms with Crippen molar-refractivity contribution in [2.45, 2.75) is 12.3 Å². The Labute approximate surface area is 102 Å². The molecule has 0 spiro atoms. The molecule has 100 valence electrons. The van der Waals surface area contributed by atoms with Crippen molar-refractivity contribution in [1.82, 2.24) is 15.5 Å². The molecule has 2 N–H and O–H groups in total. The zero-order valence-corrected chi connectivity index (χ0v) is 9.50. The summed E-state index contributed by atoms with van der Waals surface area (Å²) in [5, 5.41) is 12.6. The summed E-state index contributed by atoms with van der Waals surface area (Å²) in [6.45, 7) is 2.63. The molecule has 1 aliphatic heterocycles. The van der Waals surface area contributed by atoms with E-state index in [2.05, 4.69) is 20.8 Å². The Morgan fingerprint density at radius 3 is 2.78 bits per heavy atom. The second kappa shape index (κ2) is 5.49. The van der Waals surface area contributed by atoms with Crippen LogP contribution in [0.25, 0.3) is 0 Å². The van der Waals surface area contributed by atoms with Crippen molar-refractivity contribution in [2.24, 2.45) is 0 Å². The van der Waals surface area contributed by atoms with Gasteiger partial charge in [0.2, 0.25) is 0 Å². The largest absolute Gasteiger partial charge is 0.435 e. The lowest BCUT2D eigenvalue weighted by atomic mass is 10.3. The molecule has 1 saturated heterocycles. The van der Waals surface area contributed by atoms with Gasteiger partial charge in [-0.25, -0.2) is 0 Å². The topological polar surface area (TPSA) is 59.1 Å². The third-order valence-electron chi connectivity index (χ3n) is 2.47. The molecule has 0 aliphatic carbocycles. The van der Waals surface area contributed by atoms with Gasteiger partial charge in [0, 0.05) is 19.6 Å². The summed E-state index contributed by atoms with van der Waals surface area (Å²) < 4.78 is 42.2. The van der Waals surface area contributed by atoms with Crippen LogP contribution in [0, 0.1) is 0 Å². The van der Waals surface area contributed by atoms with E-state index in [0.717, 1.165) is 12.6 Å². The number of alkyl halides is 3. The molecule has 1 unspecified atom stereocenters. The smallest absolute Gasteiger partial charge is 0.374 e. The number of nitrogens with one attached hydrogen (secondary N) is 2. The Hall–Kier alpha value is -1.41. The highest BCUT2D eigenvalue weighted by atomic mass is 19.4. The summed E-state index contributed by atoms with van der Waals surface area (Å²) >= 11 is 0. The van der Waals surface area contributed by atoms with E-state index < -0.39 is 11.9 Å². The van der Waals surface area contributed by atoms with Crippen LogP contribution in [0.15, 0.2) is 12.1 Å². The van der Waals surface area contributed by atoms with Crippen LogP contribution in [0.4, 0.5) is 19.0 Å². The molecule has 1 aliphatic rings. The summed E-state index contributed by atoms with van der Waals surface area (Å²) in [5.74, 6) is 0.303. The van der Waals surface area contributed by atoms with E-state index in [0.29, 0.717) is 25.5 Å². The normalized spacial score (nSPS) is 20.7. The van der Waals surface area contributed by atoms with Crippen LogP contribution >= 0.6 is 0 Å². The fourth-order valence-corrected chi connectivity index (χ4v) is 1.55. The minimum atomic E-state index is -4.46. The lowest BCUT2D eigenvalue weighted by Crippen LogP contribution is -2.42. The maximum Gasteiger partial charge on any atom is 0.435 e. The zero-order chi connectivity index (χ0) is 13.0. The van der Waals surface area contributed by atoms with E-state index in [1.54, 1.807) is 0 Å². The minimum Gasteiger partial charge on any atom is -0.374 e. The molecule has 0 amide bonds. The molecule has 0 radical (unpaired) electrons. The summed E-state index contributed by atoms with van der Waals surface area (Å²) in [7, 11) is 0. The van der Waals surface area contributed by atoms with Crippen molar-refractivity contribution in [3.63, 3.8) is 0 Å². The number of anilines is 1. The molecule has 2 rings (SSSR count). The molecule has 1 fully saturated rings. The average molecular weight is 262 g/mol. The first-order valence-corrected chi connectivity index (χ1v) is 5.53. The maximum absolute atomic E-state index is 12.2. The summed E-state index contributed by atoms with van der Waals surface area (Å²) in [6.07, 6.45) is -4.47. The molecule has 1 aromatic rings. The summed E-state index contributed by atoms with van der Waals surface area (Å²) in [4.78, 5) is 0. The van der Waals surface area contributed by atoms with Crippen molar-refractivity contribution in [3.05, 3.63) is 17.8 Å². The van der Waals surface area contributed by atoms with Crippen LogP contribution in [0.1, 0.15) is 5.69 Å². The van der Waals surface area contributed by atoms with Crippen molar-refractivity contribution < 1.29 is 17.9 Å². The second-order valence-corrected chi connectivity index (χ2v) is 3.88. The molecule has 1 aromatic heterocycles. The number of nitrogens with zero attached hydrogens (tertiary/aromatic N) is 2. The molecule has 2 heterocycles. The second-order valence-electron chi connectivity index (χ2n) is 3.88. The van der Waals surface area contributed by atoms with Crippen LogP contribution in [-0.4, -0.2) is 42.5 Å². The van der Waals surface area contributed by atoms with E-state index in [-0.39, 0.29) is 6.10 Å². The summed E-state index contributed by atoms with van der Waals surface area (Å²) in [5.41, 5.74) is -0.997. The average Bonchev–Trinajstić information content (AvgIpc) is 2.37. The van der Waals surface area contributed by atoms with Crippen LogP contribution < -0.4 is 10.6 Å². The van der Waals surface area contributed by atoms with Crippen LogP contribution in [0.3, 0.4) is 0 Å². The van der Waals surface area contributed by atoms with Gasteiger partial charge >= 0.3 is 6.18 Å². The molecule has 1 atom stereocenters. The van der Waals surface area contributed by atoms with Gasteiger partial charge in [-0.3, -0.25) is 0 Å². The Bertz CT molecular complexity index is 376. The van der Waals surface area contributed by atoms with Crippen LogP contribution in [-0.2, 0) is 10.9 Å². The first kappa shape index (κ1) is 13.0. The van der Waals surface area contributed by atoms with E-state index in [1.165, 1.54) is 6.07 Å². The highest BCUT2D eigenvalue weighted by Crippen LogP contribution is 2.26. The molecule has 5 nitrogen and oxygen atoms in total. The predicted octanol–water partition coefficient (Wildman–Crippen LogP) is 0.896. The minimum absolute atomic E-state index is 0.0113. The van der Waals surface area contributed by atoms with Gasteiger partial charge in [-0.05, 0) is 12.1 Å². The standard InChI is InChI=1S/C10H13F3N4O/c11-10(12,13)8-1-2-9(17-16-8)15-6-7-5-14-3-4-18-7/h1-2,7,14H,3-6H2,(H,15,17). The Morgan fingerprint density at radius 1 is 1.39 bits per heavy atom. The Morgan fingerprint density at radius 2 is 2.22 bits per heavy atom. The first-order chi connectivity index (χ1) is 8.55. The number of hydrogen-bond donors (Lipinski definition) is 2. The fraction of sp³-hybridized carbons (Fsp3) is 0.600. The van der Waals surface area contributed by atoms with E-state index in [4.69, 9.17) is 4.74 Å². The molecule has 0 aromatic carbocycles. The quantitative estimate of drug-likeness (QED) is 0.847. The lowest BCUT2D eigenvalue weighted by molar-refractivity contribution is -0.141. The number of rotatable bonds is 3. The number of ether oxygens (including phenoxy) is 1. The van der Waals surface area contributed by atoms with Crippen LogP contribution in [0.5, 0.6) is 0 Å². The van der Waals surface area contributed by atoms with Gasteiger partial charge in [0.15, 0.2) is 5.69 Å². The van der Waals surface area contributed by atoms with Gasteiger partial charge < -0.3 is 15.4 Å². The summed E-state index contributed by atoms with van der Waals surface area (Å²) in [6, 6.07) is 2.15. The van der Waals surface area contributed by atoms with Gasteiger partial charge in [-0.2, -0.15) is 13.2 Å². The number of hydrogen-bond acceptors (Lipinski definition) is 5. The van der Waals surface area contributed by atoms with Crippen molar-refractivity contribution in [1.29, 1.82) is 0 Å². The molecular weight excluding hydrogens is 249 g/mol. The highest BCUT2D eigenvalue weighted by molar-refractivity contribution is 5.33. The van der Waals surface area contributed by atoms with E-state index in [1.807, 2.05) is 0 Å². The molecule has 18 heavy (non-hydrogen) atoms. The highest BCUT2D eigenvalue weighted by Gasteiger charge is 2.32. The molecule has 0 bridgehead atoms. The van der Waals surface area contributed by atoms with Gasteiger partial charge in [-0.1, -0.05) is 0 Å². The van der Waals surface area contributed by atoms with E-state index in [9.17, 15) is 13.2 Å². The van der Waals surface area contributed by atoms with Crippen molar-refractivity contribution in [3.8, 4) is 0 Å². The Balaban J connectivity index is 1.86. The van der Waals surface area contributed by atoms with Gasteiger partial charge in [0.1, 0.15) is 5.82 Å². The third kappa shape index (κ3) is 3.54. The van der Waals surface area contributed by atoms with Crippen molar-refractivity contribution >= 4 is 5.82 Å². The maximum atomic E-state index is 12.2. The molecule has 0 saturated carbocycles. The van der Waals surface area contributed by atoms with Gasteiger partial charge in [-0.15, -0.1) is 10.2 Å². The van der Waals surface area contributed by atoms with Crippen molar-refractivity contribution in [2.75, 3.05) is 31.6 Å². The monoisotopic (exact) mass is 262 g/mol. The SMILES string of the molecule is FC(F)(F)c1ccc(NCC2CNCCO2)nn1. The van der Waals surface area contributed by atoms with Crippen LogP contribution in [0.2, 0.25) is 0 Å². The predicted molar refractivity (Wildman–Crippen MR) is 58.1 cm³/mol. The zero-order valence-electron chi connectivity index (χ0n) is 9.50.